The fourth-order valence-electron chi connectivity index (χ4n) is 1.43. The van der Waals surface area contributed by atoms with Crippen LogP contribution in [-0.2, 0) is 10.8 Å². The SMILES string of the molecule is CCNc1nc(NCCC(C)S(C)=O)nc(N(C)C)n1. The fraction of sp³-hybridized carbons (Fsp3) is 0.750. The Labute approximate surface area is 123 Å². The van der Waals surface area contributed by atoms with Crippen LogP contribution < -0.4 is 15.5 Å². The van der Waals surface area contributed by atoms with E-state index in [0.717, 1.165) is 13.0 Å². The lowest BCUT2D eigenvalue weighted by Gasteiger charge is -2.14. The van der Waals surface area contributed by atoms with Gasteiger partial charge in [-0.1, -0.05) is 6.92 Å². The molecule has 0 spiro atoms. The summed E-state index contributed by atoms with van der Waals surface area (Å²) in [5.41, 5.74) is 0. The van der Waals surface area contributed by atoms with Gasteiger partial charge in [0.05, 0.1) is 0 Å². The molecule has 0 aromatic carbocycles. The van der Waals surface area contributed by atoms with Crippen LogP contribution in [0.3, 0.4) is 0 Å². The first-order valence-corrected chi connectivity index (χ1v) is 8.29. The van der Waals surface area contributed by atoms with Crippen molar-refractivity contribution < 1.29 is 4.21 Å². The summed E-state index contributed by atoms with van der Waals surface area (Å²) in [6, 6.07) is 0. The van der Waals surface area contributed by atoms with E-state index in [9.17, 15) is 4.21 Å². The normalized spacial score (nSPS) is 13.7. The standard InChI is InChI=1S/C12H24N6OS/c1-6-13-10-15-11(17-12(16-10)18(3)4)14-8-7-9(2)20(5)19/h9H,6-8H2,1-5H3,(H2,13,14,15,16,17). The Morgan fingerprint density at radius 2 is 1.80 bits per heavy atom. The van der Waals surface area contributed by atoms with Crippen LogP contribution in [-0.4, -0.2) is 57.9 Å². The van der Waals surface area contributed by atoms with Crippen molar-refractivity contribution in [2.75, 3.05) is 49.0 Å². The Kier molecular flexibility index (Phi) is 6.63. The Morgan fingerprint density at radius 1 is 1.20 bits per heavy atom. The number of hydrogen-bond donors (Lipinski definition) is 2. The number of nitrogens with one attached hydrogen (secondary N) is 2. The second-order valence-corrected chi connectivity index (χ2v) is 6.53. The highest BCUT2D eigenvalue weighted by Gasteiger charge is 2.09. The average Bonchev–Trinajstić information content (AvgIpc) is 2.38. The maximum atomic E-state index is 11.3. The predicted octanol–water partition coefficient (Wildman–Crippen LogP) is 0.938. The highest BCUT2D eigenvalue weighted by atomic mass is 32.2. The number of aromatic nitrogens is 3. The summed E-state index contributed by atoms with van der Waals surface area (Å²) >= 11 is 0. The molecular weight excluding hydrogens is 276 g/mol. The number of anilines is 3. The maximum absolute atomic E-state index is 11.3. The van der Waals surface area contributed by atoms with Gasteiger partial charge in [0.1, 0.15) is 0 Å². The third kappa shape index (κ3) is 5.28. The van der Waals surface area contributed by atoms with E-state index in [-0.39, 0.29) is 5.25 Å². The van der Waals surface area contributed by atoms with Gasteiger partial charge in [-0.05, 0) is 13.3 Å². The van der Waals surface area contributed by atoms with Crippen molar-refractivity contribution in [3.05, 3.63) is 0 Å². The zero-order chi connectivity index (χ0) is 15.1. The van der Waals surface area contributed by atoms with Crippen molar-refractivity contribution in [2.24, 2.45) is 0 Å². The van der Waals surface area contributed by atoms with E-state index in [4.69, 9.17) is 0 Å². The van der Waals surface area contributed by atoms with E-state index in [1.165, 1.54) is 0 Å². The van der Waals surface area contributed by atoms with Gasteiger partial charge in [-0.25, -0.2) is 0 Å². The fourth-order valence-corrected chi connectivity index (χ4v) is 1.88. The molecule has 0 aliphatic carbocycles. The summed E-state index contributed by atoms with van der Waals surface area (Å²) in [7, 11) is 2.97. The topological polar surface area (TPSA) is 83.0 Å². The molecule has 1 heterocycles. The van der Waals surface area contributed by atoms with Crippen LogP contribution in [0.1, 0.15) is 20.3 Å². The Balaban J connectivity index is 2.70. The van der Waals surface area contributed by atoms with Crippen molar-refractivity contribution in [3.63, 3.8) is 0 Å². The van der Waals surface area contributed by atoms with Gasteiger partial charge < -0.3 is 15.5 Å². The van der Waals surface area contributed by atoms with Crippen LogP contribution in [0.25, 0.3) is 0 Å². The van der Waals surface area contributed by atoms with E-state index < -0.39 is 10.8 Å². The Bertz CT molecular complexity index is 454. The van der Waals surface area contributed by atoms with Crippen molar-refractivity contribution in [1.82, 2.24) is 15.0 Å². The van der Waals surface area contributed by atoms with Gasteiger partial charge >= 0.3 is 0 Å². The first-order valence-electron chi connectivity index (χ1n) is 6.67. The first-order chi connectivity index (χ1) is 9.43. The molecule has 2 N–H and O–H groups in total. The lowest BCUT2D eigenvalue weighted by molar-refractivity contribution is 0.672. The van der Waals surface area contributed by atoms with Crippen LogP contribution in [0.15, 0.2) is 0 Å². The summed E-state index contributed by atoms with van der Waals surface area (Å²) in [6.07, 6.45) is 2.53. The summed E-state index contributed by atoms with van der Waals surface area (Å²) < 4.78 is 11.3. The highest BCUT2D eigenvalue weighted by molar-refractivity contribution is 7.84. The average molecular weight is 300 g/mol. The molecule has 7 nitrogen and oxygen atoms in total. The summed E-state index contributed by atoms with van der Waals surface area (Å²) in [4.78, 5) is 14.8. The van der Waals surface area contributed by atoms with E-state index in [1.54, 1.807) is 6.26 Å². The van der Waals surface area contributed by atoms with Gasteiger partial charge in [-0.2, -0.15) is 15.0 Å². The maximum Gasteiger partial charge on any atom is 0.231 e. The van der Waals surface area contributed by atoms with E-state index in [1.807, 2.05) is 32.8 Å². The largest absolute Gasteiger partial charge is 0.354 e. The molecule has 8 heteroatoms. The van der Waals surface area contributed by atoms with Crippen LogP contribution in [0.5, 0.6) is 0 Å². The lowest BCUT2D eigenvalue weighted by atomic mass is 10.3. The zero-order valence-electron chi connectivity index (χ0n) is 12.8. The molecule has 0 bridgehead atoms. The molecule has 0 radical (unpaired) electrons. The van der Waals surface area contributed by atoms with Gasteiger partial charge in [0, 0.05) is 49.5 Å². The Morgan fingerprint density at radius 3 is 2.30 bits per heavy atom. The van der Waals surface area contributed by atoms with Gasteiger partial charge in [0.2, 0.25) is 17.8 Å². The third-order valence-corrected chi connectivity index (χ3v) is 4.13. The molecule has 114 valence electrons. The van der Waals surface area contributed by atoms with Crippen molar-refractivity contribution in [3.8, 4) is 0 Å². The molecule has 1 rings (SSSR count). The minimum atomic E-state index is -0.801. The second kappa shape index (κ2) is 7.98. The quantitative estimate of drug-likeness (QED) is 0.739. The molecule has 1 aromatic heterocycles. The molecule has 2 unspecified atom stereocenters. The molecule has 0 aliphatic heterocycles. The van der Waals surface area contributed by atoms with Gasteiger partial charge in [0.15, 0.2) is 0 Å². The van der Waals surface area contributed by atoms with Gasteiger partial charge in [-0.3, -0.25) is 4.21 Å². The first kappa shape index (κ1) is 16.6. The summed E-state index contributed by atoms with van der Waals surface area (Å²) in [5, 5.41) is 6.40. The summed E-state index contributed by atoms with van der Waals surface area (Å²) in [6.45, 7) is 5.40. The number of nitrogens with zero attached hydrogens (tertiary/aromatic N) is 4. The third-order valence-electron chi connectivity index (χ3n) is 2.76. The molecule has 2 atom stereocenters. The molecule has 1 aromatic rings. The molecule has 0 aliphatic rings. The molecule has 20 heavy (non-hydrogen) atoms. The number of hydrogen-bond acceptors (Lipinski definition) is 7. The Hall–Kier alpha value is -1.44. The van der Waals surface area contributed by atoms with Crippen LogP contribution in [0.2, 0.25) is 0 Å². The minimum absolute atomic E-state index is 0.158. The van der Waals surface area contributed by atoms with Crippen LogP contribution in [0, 0.1) is 0 Å². The van der Waals surface area contributed by atoms with Crippen molar-refractivity contribution in [1.29, 1.82) is 0 Å². The molecule has 0 saturated heterocycles. The number of rotatable bonds is 8. The lowest BCUT2D eigenvalue weighted by Crippen LogP contribution is -2.19. The van der Waals surface area contributed by atoms with E-state index >= 15 is 0 Å². The summed E-state index contributed by atoms with van der Waals surface area (Å²) in [5.74, 6) is 1.69. The minimum Gasteiger partial charge on any atom is -0.354 e. The van der Waals surface area contributed by atoms with Crippen LogP contribution >= 0.6 is 0 Å². The molecular formula is C12H24N6OS. The van der Waals surface area contributed by atoms with E-state index in [2.05, 4.69) is 25.6 Å². The van der Waals surface area contributed by atoms with Gasteiger partial charge in [0.25, 0.3) is 0 Å². The monoisotopic (exact) mass is 300 g/mol. The van der Waals surface area contributed by atoms with Crippen molar-refractivity contribution in [2.45, 2.75) is 25.5 Å². The second-order valence-electron chi connectivity index (χ2n) is 4.73. The molecule has 0 saturated carbocycles. The molecule has 0 amide bonds. The molecule has 0 fully saturated rings. The smallest absolute Gasteiger partial charge is 0.231 e. The highest BCUT2D eigenvalue weighted by Crippen LogP contribution is 2.11. The van der Waals surface area contributed by atoms with E-state index in [0.29, 0.717) is 24.4 Å². The van der Waals surface area contributed by atoms with Crippen molar-refractivity contribution >= 4 is 28.6 Å². The zero-order valence-corrected chi connectivity index (χ0v) is 13.6. The predicted molar refractivity (Wildman–Crippen MR) is 85.0 cm³/mol. The van der Waals surface area contributed by atoms with Crippen LogP contribution in [0.4, 0.5) is 17.8 Å². The van der Waals surface area contributed by atoms with Gasteiger partial charge in [-0.15, -0.1) is 0 Å².